The third-order valence-electron chi connectivity index (χ3n) is 5.43. The smallest absolute Gasteiger partial charge is 0.326 e. The summed E-state index contributed by atoms with van der Waals surface area (Å²) in [5.74, 6) is -0.910. The molecule has 0 bridgehead atoms. The number of hydrogen-bond donors (Lipinski definition) is 1. The molecule has 1 heterocycles. The lowest BCUT2D eigenvalue weighted by Crippen LogP contribution is -2.57. The molecule has 0 aromatic heterocycles. The maximum atomic E-state index is 13.0. The fourth-order valence-corrected chi connectivity index (χ4v) is 3.85. The van der Waals surface area contributed by atoms with Crippen LogP contribution in [0.2, 0.25) is 0 Å². The Hall–Kier alpha value is -1.30. The summed E-state index contributed by atoms with van der Waals surface area (Å²) >= 11 is 0. The first-order chi connectivity index (χ1) is 10.9. The van der Waals surface area contributed by atoms with Crippen LogP contribution < -0.4 is 0 Å². The van der Waals surface area contributed by atoms with Crippen LogP contribution in [0.4, 0.5) is 4.79 Å². The van der Waals surface area contributed by atoms with Crippen molar-refractivity contribution < 1.29 is 14.7 Å². The monoisotopic (exact) mass is 325 g/mol. The van der Waals surface area contributed by atoms with Crippen molar-refractivity contribution in [2.45, 2.75) is 70.0 Å². The number of aliphatic carboxylic acids is 1. The summed E-state index contributed by atoms with van der Waals surface area (Å²) in [7, 11) is 4.14. The standard InChI is InChI=1S/C17H31N3O3/c1-13(16(21)22)20(15-7-5-4-6-8-15)17(23)19-11-9-14(10-12-19)18(2)3/h13-15H,4-12H2,1-3H3,(H,21,22)/t13-/m0/s1. The Morgan fingerprint density at radius 2 is 1.57 bits per heavy atom. The molecule has 0 unspecified atom stereocenters. The van der Waals surface area contributed by atoms with Crippen molar-refractivity contribution in [3.05, 3.63) is 0 Å². The van der Waals surface area contributed by atoms with E-state index in [2.05, 4.69) is 19.0 Å². The van der Waals surface area contributed by atoms with E-state index in [1.54, 1.807) is 11.8 Å². The molecular formula is C17H31N3O3. The number of likely N-dealkylation sites (tertiary alicyclic amines) is 1. The van der Waals surface area contributed by atoms with Crippen LogP contribution in [-0.2, 0) is 4.79 Å². The third-order valence-corrected chi connectivity index (χ3v) is 5.43. The van der Waals surface area contributed by atoms with Gasteiger partial charge < -0.3 is 19.8 Å². The Kier molecular flexibility index (Phi) is 6.27. The predicted molar refractivity (Wildman–Crippen MR) is 89.5 cm³/mol. The molecule has 1 saturated heterocycles. The van der Waals surface area contributed by atoms with Crippen LogP contribution in [0, 0.1) is 0 Å². The van der Waals surface area contributed by atoms with Crippen LogP contribution in [0.1, 0.15) is 51.9 Å². The van der Waals surface area contributed by atoms with Gasteiger partial charge in [0.25, 0.3) is 0 Å². The molecule has 2 fully saturated rings. The van der Waals surface area contributed by atoms with Crippen molar-refractivity contribution in [2.24, 2.45) is 0 Å². The molecule has 23 heavy (non-hydrogen) atoms. The average molecular weight is 325 g/mol. The highest BCUT2D eigenvalue weighted by molar-refractivity contribution is 5.82. The second-order valence-corrected chi connectivity index (χ2v) is 7.18. The minimum Gasteiger partial charge on any atom is -0.480 e. The Morgan fingerprint density at radius 3 is 2.04 bits per heavy atom. The summed E-state index contributed by atoms with van der Waals surface area (Å²) in [4.78, 5) is 30.2. The van der Waals surface area contributed by atoms with E-state index in [1.165, 1.54) is 6.42 Å². The van der Waals surface area contributed by atoms with E-state index in [-0.39, 0.29) is 12.1 Å². The van der Waals surface area contributed by atoms with Gasteiger partial charge in [0.1, 0.15) is 6.04 Å². The van der Waals surface area contributed by atoms with Crippen molar-refractivity contribution in [3.8, 4) is 0 Å². The first kappa shape index (κ1) is 18.0. The summed E-state index contributed by atoms with van der Waals surface area (Å²) in [5, 5.41) is 9.43. The highest BCUT2D eigenvalue weighted by atomic mass is 16.4. The molecule has 6 heteroatoms. The molecule has 2 aliphatic rings. The minimum atomic E-state index is -0.910. The van der Waals surface area contributed by atoms with Gasteiger partial charge in [0.15, 0.2) is 0 Å². The SMILES string of the molecule is C[C@@H](C(=O)O)N(C(=O)N1CCC(N(C)C)CC1)C1CCCCC1. The second-order valence-electron chi connectivity index (χ2n) is 7.18. The quantitative estimate of drug-likeness (QED) is 0.861. The molecule has 2 amide bonds. The molecule has 0 aromatic rings. The van der Waals surface area contributed by atoms with Crippen molar-refractivity contribution in [2.75, 3.05) is 27.2 Å². The fourth-order valence-electron chi connectivity index (χ4n) is 3.85. The van der Waals surface area contributed by atoms with Gasteiger partial charge in [-0.3, -0.25) is 0 Å². The van der Waals surface area contributed by atoms with Gasteiger partial charge in [-0.25, -0.2) is 9.59 Å². The molecule has 1 saturated carbocycles. The molecule has 1 aliphatic heterocycles. The van der Waals surface area contributed by atoms with Crippen LogP contribution in [-0.4, -0.2) is 77.1 Å². The summed E-state index contributed by atoms with van der Waals surface area (Å²) in [5.41, 5.74) is 0. The second kappa shape index (κ2) is 7.99. The van der Waals surface area contributed by atoms with Gasteiger partial charge in [0.2, 0.25) is 0 Å². The van der Waals surface area contributed by atoms with Crippen molar-refractivity contribution >= 4 is 12.0 Å². The van der Waals surface area contributed by atoms with E-state index in [9.17, 15) is 14.7 Å². The highest BCUT2D eigenvalue weighted by Crippen LogP contribution is 2.26. The van der Waals surface area contributed by atoms with Crippen molar-refractivity contribution in [1.29, 1.82) is 0 Å². The Balaban J connectivity index is 2.05. The highest BCUT2D eigenvalue weighted by Gasteiger charge is 2.36. The van der Waals surface area contributed by atoms with Gasteiger partial charge in [-0.2, -0.15) is 0 Å². The number of carboxylic acid groups (broad SMARTS) is 1. The van der Waals surface area contributed by atoms with E-state index < -0.39 is 12.0 Å². The van der Waals surface area contributed by atoms with E-state index in [0.717, 1.165) is 51.6 Å². The normalized spacial score (nSPS) is 22.2. The maximum absolute atomic E-state index is 13.0. The van der Waals surface area contributed by atoms with Gasteiger partial charge in [-0.15, -0.1) is 0 Å². The van der Waals surface area contributed by atoms with Gasteiger partial charge >= 0.3 is 12.0 Å². The molecule has 0 radical (unpaired) electrons. The molecule has 1 aliphatic carbocycles. The van der Waals surface area contributed by atoms with E-state index in [1.807, 2.05) is 4.90 Å². The lowest BCUT2D eigenvalue weighted by atomic mass is 9.93. The Morgan fingerprint density at radius 1 is 1.00 bits per heavy atom. The number of nitrogens with zero attached hydrogens (tertiary/aromatic N) is 3. The topological polar surface area (TPSA) is 64.1 Å². The van der Waals surface area contributed by atoms with Crippen LogP contribution in [0.5, 0.6) is 0 Å². The Bertz CT molecular complexity index is 413. The van der Waals surface area contributed by atoms with E-state index in [0.29, 0.717) is 6.04 Å². The number of carbonyl (C=O) groups is 2. The van der Waals surface area contributed by atoms with Crippen molar-refractivity contribution in [3.63, 3.8) is 0 Å². The number of piperidine rings is 1. The summed E-state index contributed by atoms with van der Waals surface area (Å²) in [6.45, 7) is 3.08. The number of rotatable bonds is 4. The van der Waals surface area contributed by atoms with Crippen molar-refractivity contribution in [1.82, 2.24) is 14.7 Å². The molecule has 6 nitrogen and oxygen atoms in total. The van der Waals surface area contributed by atoms with Gasteiger partial charge in [-0.1, -0.05) is 19.3 Å². The maximum Gasteiger partial charge on any atom is 0.326 e. The third kappa shape index (κ3) is 4.37. The predicted octanol–water partition coefficient (Wildman–Crippen LogP) is 2.24. The van der Waals surface area contributed by atoms with Gasteiger partial charge in [0.05, 0.1) is 0 Å². The number of carboxylic acids is 1. The van der Waals surface area contributed by atoms with Crippen LogP contribution >= 0.6 is 0 Å². The molecular weight excluding hydrogens is 294 g/mol. The van der Waals surface area contributed by atoms with Crippen LogP contribution in [0.3, 0.4) is 0 Å². The number of urea groups is 1. The first-order valence-corrected chi connectivity index (χ1v) is 8.88. The Labute approximate surface area is 139 Å². The average Bonchev–Trinajstić information content (AvgIpc) is 2.55. The van der Waals surface area contributed by atoms with Gasteiger partial charge in [-0.05, 0) is 46.7 Å². The van der Waals surface area contributed by atoms with Gasteiger partial charge in [0, 0.05) is 25.2 Å². The molecule has 1 atom stereocenters. The molecule has 132 valence electrons. The zero-order valence-electron chi connectivity index (χ0n) is 14.7. The molecule has 2 rings (SSSR count). The zero-order chi connectivity index (χ0) is 17.0. The lowest BCUT2D eigenvalue weighted by Gasteiger charge is -2.42. The summed E-state index contributed by atoms with van der Waals surface area (Å²) < 4.78 is 0. The van der Waals surface area contributed by atoms with E-state index in [4.69, 9.17) is 0 Å². The van der Waals surface area contributed by atoms with Crippen LogP contribution in [0.25, 0.3) is 0 Å². The lowest BCUT2D eigenvalue weighted by molar-refractivity contribution is -0.142. The fraction of sp³-hybridized carbons (Fsp3) is 0.882. The summed E-state index contributed by atoms with van der Waals surface area (Å²) in [6.07, 6.45) is 7.13. The number of amides is 2. The molecule has 1 N–H and O–H groups in total. The number of hydrogen-bond acceptors (Lipinski definition) is 3. The summed E-state index contributed by atoms with van der Waals surface area (Å²) in [6, 6.07) is -0.242. The van der Waals surface area contributed by atoms with Crippen LogP contribution in [0.15, 0.2) is 0 Å². The first-order valence-electron chi connectivity index (χ1n) is 8.88. The molecule has 0 aromatic carbocycles. The largest absolute Gasteiger partial charge is 0.480 e. The minimum absolute atomic E-state index is 0.0777. The molecule has 0 spiro atoms. The number of carbonyl (C=O) groups excluding carboxylic acids is 1. The van der Waals surface area contributed by atoms with E-state index >= 15 is 0 Å². The zero-order valence-corrected chi connectivity index (χ0v) is 14.7.